The van der Waals surface area contributed by atoms with E-state index in [1.807, 2.05) is 0 Å². The quantitative estimate of drug-likeness (QED) is 0.548. The van der Waals surface area contributed by atoms with Crippen molar-refractivity contribution in [1.29, 1.82) is 0 Å². The highest BCUT2D eigenvalue weighted by molar-refractivity contribution is 7.89. The first-order valence-electron chi connectivity index (χ1n) is 10.8. The average molecular weight is 468 g/mol. The van der Waals surface area contributed by atoms with Gasteiger partial charge in [-0.05, 0) is 66.9 Å². The Hall–Kier alpha value is -3.43. The average Bonchev–Trinajstić information content (AvgIpc) is 3.37. The van der Waals surface area contributed by atoms with Crippen molar-refractivity contribution in [1.82, 2.24) is 4.31 Å². The number of furan rings is 1. The minimum Gasteiger partial charge on any atom is -0.459 e. The lowest BCUT2D eigenvalue weighted by molar-refractivity contribution is -0.115. The van der Waals surface area contributed by atoms with Crippen molar-refractivity contribution >= 4 is 33.2 Å². The van der Waals surface area contributed by atoms with Crippen molar-refractivity contribution in [2.45, 2.75) is 30.6 Å². The Bertz CT molecular complexity index is 1200. The van der Waals surface area contributed by atoms with Crippen molar-refractivity contribution in [3.8, 4) is 0 Å². The molecule has 4 rings (SSSR count). The fourth-order valence-corrected chi connectivity index (χ4v) is 5.18. The molecule has 1 fully saturated rings. The first-order valence-corrected chi connectivity index (χ1v) is 12.2. The Balaban J connectivity index is 1.31. The van der Waals surface area contributed by atoms with E-state index in [-0.39, 0.29) is 28.9 Å². The van der Waals surface area contributed by atoms with Crippen LogP contribution in [0.1, 0.15) is 35.4 Å². The van der Waals surface area contributed by atoms with Gasteiger partial charge in [-0.25, -0.2) is 8.42 Å². The number of rotatable bonds is 7. The van der Waals surface area contributed by atoms with Crippen LogP contribution in [-0.2, 0) is 21.2 Å². The first-order chi connectivity index (χ1) is 15.9. The highest BCUT2D eigenvalue weighted by Gasteiger charge is 2.25. The molecule has 1 saturated heterocycles. The monoisotopic (exact) mass is 467 g/mol. The summed E-state index contributed by atoms with van der Waals surface area (Å²) in [5, 5.41) is 5.51. The summed E-state index contributed by atoms with van der Waals surface area (Å²) in [4.78, 5) is 24.7. The highest BCUT2D eigenvalue weighted by Crippen LogP contribution is 2.21. The fraction of sp³-hybridized carbons (Fsp3) is 0.250. The number of amides is 2. The predicted octanol–water partition coefficient (Wildman–Crippen LogP) is 3.89. The van der Waals surface area contributed by atoms with E-state index >= 15 is 0 Å². The lowest BCUT2D eigenvalue weighted by Gasteiger charge is -2.25. The number of hydrogen-bond donors (Lipinski definition) is 2. The SMILES string of the molecule is O=C(Cc1ccc(S(=O)(=O)N2CCCCC2)cc1)Nc1ccc(NC(=O)c2ccco2)cc1. The van der Waals surface area contributed by atoms with Gasteiger partial charge in [0.25, 0.3) is 5.91 Å². The third kappa shape index (κ3) is 5.68. The second-order valence-corrected chi connectivity index (χ2v) is 9.78. The Morgan fingerprint density at radius 1 is 0.848 bits per heavy atom. The molecule has 3 aromatic rings. The predicted molar refractivity (Wildman–Crippen MR) is 124 cm³/mol. The number of hydrogen-bond acceptors (Lipinski definition) is 5. The number of carbonyl (C=O) groups is 2. The molecule has 1 aliphatic rings. The molecular weight excluding hydrogens is 442 g/mol. The Labute approximate surface area is 192 Å². The summed E-state index contributed by atoms with van der Waals surface area (Å²) in [6, 6.07) is 16.4. The third-order valence-corrected chi connectivity index (χ3v) is 7.33. The number of piperidine rings is 1. The molecule has 0 spiro atoms. The molecule has 33 heavy (non-hydrogen) atoms. The van der Waals surface area contributed by atoms with Crippen LogP contribution in [0.5, 0.6) is 0 Å². The molecule has 2 aromatic carbocycles. The molecule has 2 amide bonds. The van der Waals surface area contributed by atoms with Gasteiger partial charge in [-0.1, -0.05) is 18.6 Å². The maximum Gasteiger partial charge on any atom is 0.291 e. The molecule has 0 radical (unpaired) electrons. The van der Waals surface area contributed by atoms with E-state index in [0.717, 1.165) is 19.3 Å². The van der Waals surface area contributed by atoms with Gasteiger partial charge in [0.1, 0.15) is 0 Å². The zero-order valence-electron chi connectivity index (χ0n) is 18.0. The van der Waals surface area contributed by atoms with Gasteiger partial charge in [0.2, 0.25) is 15.9 Å². The molecule has 2 heterocycles. The summed E-state index contributed by atoms with van der Waals surface area (Å²) in [6.45, 7) is 1.11. The molecule has 0 saturated carbocycles. The smallest absolute Gasteiger partial charge is 0.291 e. The van der Waals surface area contributed by atoms with Crippen LogP contribution < -0.4 is 10.6 Å². The molecule has 2 N–H and O–H groups in total. The number of nitrogens with zero attached hydrogens (tertiary/aromatic N) is 1. The van der Waals surface area contributed by atoms with Gasteiger partial charge in [-0.3, -0.25) is 9.59 Å². The first kappa shape index (κ1) is 22.8. The van der Waals surface area contributed by atoms with E-state index in [1.54, 1.807) is 60.7 Å². The number of carbonyl (C=O) groups excluding carboxylic acids is 2. The molecule has 0 aliphatic carbocycles. The lowest BCUT2D eigenvalue weighted by Crippen LogP contribution is -2.35. The van der Waals surface area contributed by atoms with Gasteiger partial charge >= 0.3 is 0 Å². The van der Waals surface area contributed by atoms with Crippen molar-refractivity contribution in [3.63, 3.8) is 0 Å². The highest BCUT2D eigenvalue weighted by atomic mass is 32.2. The lowest BCUT2D eigenvalue weighted by atomic mass is 10.1. The summed E-state index contributed by atoms with van der Waals surface area (Å²) < 4.78 is 32.1. The zero-order valence-corrected chi connectivity index (χ0v) is 18.8. The summed E-state index contributed by atoms with van der Waals surface area (Å²) in [5.74, 6) is -0.376. The van der Waals surface area contributed by atoms with Gasteiger partial charge in [0.05, 0.1) is 17.6 Å². The van der Waals surface area contributed by atoms with Crippen LogP contribution >= 0.6 is 0 Å². The van der Waals surface area contributed by atoms with Gasteiger partial charge in [-0.2, -0.15) is 4.31 Å². The van der Waals surface area contributed by atoms with Crippen molar-refractivity contribution in [2.24, 2.45) is 0 Å². The van der Waals surface area contributed by atoms with Crippen molar-refractivity contribution < 1.29 is 22.4 Å². The van der Waals surface area contributed by atoms with Crippen LogP contribution in [0, 0.1) is 0 Å². The molecule has 0 bridgehead atoms. The summed E-state index contributed by atoms with van der Waals surface area (Å²) >= 11 is 0. The third-order valence-electron chi connectivity index (χ3n) is 5.41. The number of benzene rings is 2. The fourth-order valence-electron chi connectivity index (χ4n) is 3.66. The van der Waals surface area contributed by atoms with Crippen LogP contribution in [-0.4, -0.2) is 37.6 Å². The molecular formula is C24H25N3O5S. The topological polar surface area (TPSA) is 109 Å². The maximum absolute atomic E-state index is 12.7. The normalized spacial score (nSPS) is 14.5. The summed E-state index contributed by atoms with van der Waals surface area (Å²) in [7, 11) is -3.49. The minimum atomic E-state index is -3.49. The van der Waals surface area contributed by atoms with E-state index in [9.17, 15) is 18.0 Å². The van der Waals surface area contributed by atoms with Crippen LogP contribution in [0.2, 0.25) is 0 Å². The Morgan fingerprint density at radius 2 is 1.48 bits per heavy atom. The Morgan fingerprint density at radius 3 is 2.09 bits per heavy atom. The van der Waals surface area contributed by atoms with Gasteiger partial charge < -0.3 is 15.1 Å². The van der Waals surface area contributed by atoms with Crippen LogP contribution in [0.25, 0.3) is 0 Å². The largest absolute Gasteiger partial charge is 0.459 e. The molecule has 172 valence electrons. The standard InChI is InChI=1S/C24H25N3O5S/c28-23(25-19-8-10-20(11-9-19)26-24(29)22-5-4-16-32-22)17-18-6-12-21(13-7-18)33(30,31)27-14-2-1-3-15-27/h4-13,16H,1-3,14-15,17H2,(H,25,28)(H,26,29). The van der Waals surface area contributed by atoms with E-state index in [4.69, 9.17) is 4.42 Å². The second kappa shape index (κ2) is 10.0. The van der Waals surface area contributed by atoms with Crippen LogP contribution in [0.3, 0.4) is 0 Å². The number of sulfonamides is 1. The number of anilines is 2. The molecule has 1 aromatic heterocycles. The van der Waals surface area contributed by atoms with Crippen molar-refractivity contribution in [3.05, 3.63) is 78.3 Å². The second-order valence-electron chi connectivity index (χ2n) is 7.84. The molecule has 9 heteroatoms. The molecule has 0 unspecified atom stereocenters. The summed E-state index contributed by atoms with van der Waals surface area (Å²) in [5.41, 5.74) is 1.87. The van der Waals surface area contributed by atoms with Gasteiger partial charge in [-0.15, -0.1) is 0 Å². The molecule has 0 atom stereocenters. The molecule has 8 nitrogen and oxygen atoms in total. The Kier molecular flexibility index (Phi) is 6.90. The van der Waals surface area contributed by atoms with Crippen LogP contribution in [0.15, 0.2) is 76.2 Å². The minimum absolute atomic E-state index is 0.112. The number of nitrogens with one attached hydrogen (secondary N) is 2. The van der Waals surface area contributed by atoms with E-state index < -0.39 is 10.0 Å². The van der Waals surface area contributed by atoms with Crippen LogP contribution in [0.4, 0.5) is 11.4 Å². The van der Waals surface area contributed by atoms with Crippen molar-refractivity contribution in [2.75, 3.05) is 23.7 Å². The summed E-state index contributed by atoms with van der Waals surface area (Å²) in [6.07, 6.45) is 4.36. The van der Waals surface area contributed by atoms with Gasteiger partial charge in [0, 0.05) is 24.5 Å². The van der Waals surface area contributed by atoms with E-state index in [2.05, 4.69) is 10.6 Å². The molecule has 1 aliphatic heterocycles. The van der Waals surface area contributed by atoms with E-state index in [1.165, 1.54) is 10.6 Å². The zero-order chi connectivity index (χ0) is 23.3. The van der Waals surface area contributed by atoms with Gasteiger partial charge in [0.15, 0.2) is 5.76 Å². The maximum atomic E-state index is 12.7. The van der Waals surface area contributed by atoms with E-state index in [0.29, 0.717) is 30.0 Å².